The molecule has 3 amide bonds. The molecule has 10 nitrogen and oxygen atoms in total. The van der Waals surface area contributed by atoms with E-state index in [4.69, 9.17) is 18.9 Å². The van der Waals surface area contributed by atoms with E-state index in [1.165, 1.54) is 7.11 Å². The Morgan fingerprint density at radius 3 is 2.27 bits per heavy atom. The second kappa shape index (κ2) is 18.2. The smallest absolute Gasteiger partial charge is 0.328 e. The summed E-state index contributed by atoms with van der Waals surface area (Å²) >= 11 is 0. The number of carbonyl (C=O) groups is 3. The summed E-state index contributed by atoms with van der Waals surface area (Å²) in [4.78, 5) is 42.0. The first kappa shape index (κ1) is 34.9. The van der Waals surface area contributed by atoms with Crippen LogP contribution in [-0.4, -0.2) is 67.9 Å². The van der Waals surface area contributed by atoms with Crippen molar-refractivity contribution in [3.05, 3.63) is 96.1 Å². The molecule has 0 aromatic heterocycles. The number of esters is 1. The van der Waals surface area contributed by atoms with Gasteiger partial charge >= 0.3 is 12.0 Å². The molecule has 0 bridgehead atoms. The Morgan fingerprint density at radius 2 is 1.56 bits per heavy atom. The van der Waals surface area contributed by atoms with Gasteiger partial charge in [-0.1, -0.05) is 86.0 Å². The molecular formula is C38H47N3O7. The largest absolute Gasteiger partial charge is 0.489 e. The van der Waals surface area contributed by atoms with Crippen molar-refractivity contribution in [2.45, 2.75) is 76.3 Å². The first-order valence-electron chi connectivity index (χ1n) is 17.0. The minimum absolute atomic E-state index is 0.0439. The van der Waals surface area contributed by atoms with Crippen molar-refractivity contribution in [3.8, 4) is 5.75 Å². The topological polar surface area (TPSA) is 115 Å². The molecule has 1 saturated carbocycles. The lowest BCUT2D eigenvalue weighted by Crippen LogP contribution is -2.56. The van der Waals surface area contributed by atoms with Gasteiger partial charge in [0, 0.05) is 37.9 Å². The second-order valence-electron chi connectivity index (χ2n) is 12.4. The predicted octanol–water partition coefficient (Wildman–Crippen LogP) is 6.10. The van der Waals surface area contributed by atoms with E-state index in [0.29, 0.717) is 50.7 Å². The van der Waals surface area contributed by atoms with Gasteiger partial charge < -0.3 is 34.5 Å². The number of methoxy groups -OCH3 is 1. The molecule has 10 heteroatoms. The fourth-order valence-electron chi connectivity index (χ4n) is 6.44. The summed E-state index contributed by atoms with van der Waals surface area (Å²) in [7, 11) is 1.32. The van der Waals surface area contributed by atoms with Crippen molar-refractivity contribution < 1.29 is 33.3 Å². The van der Waals surface area contributed by atoms with Gasteiger partial charge in [0.15, 0.2) is 0 Å². The lowest BCUT2D eigenvalue weighted by Gasteiger charge is -2.34. The Labute approximate surface area is 283 Å². The Balaban J connectivity index is 1.18. The van der Waals surface area contributed by atoms with E-state index in [0.717, 1.165) is 43.2 Å². The second-order valence-corrected chi connectivity index (χ2v) is 12.4. The average Bonchev–Trinajstić information content (AvgIpc) is 3.56. The van der Waals surface area contributed by atoms with Crippen molar-refractivity contribution in [1.29, 1.82) is 0 Å². The molecule has 1 aliphatic carbocycles. The average molecular weight is 658 g/mol. The van der Waals surface area contributed by atoms with E-state index in [1.54, 1.807) is 23.1 Å². The zero-order valence-electron chi connectivity index (χ0n) is 27.7. The zero-order chi connectivity index (χ0) is 33.6. The number of ether oxygens (including phenoxy) is 4. The number of nitrogens with zero attached hydrogens (tertiary/aromatic N) is 1. The van der Waals surface area contributed by atoms with Crippen molar-refractivity contribution in [2.24, 2.45) is 5.92 Å². The van der Waals surface area contributed by atoms with Gasteiger partial charge in [0.1, 0.15) is 24.4 Å². The van der Waals surface area contributed by atoms with E-state index in [9.17, 15) is 14.4 Å². The number of likely N-dealkylation sites (tertiary alicyclic amines) is 1. The summed E-state index contributed by atoms with van der Waals surface area (Å²) in [6.45, 7) is 2.16. The SMILES string of the molecule is COC(=O)[C@@H]1C[C@@H](OCCCOCc2ccccc2)CN1C(=O)[C@@H](NC(=O)Nc1cccc(OCc2ccccc2)c1)C1CCCCC1. The number of urea groups is 1. The van der Waals surface area contributed by atoms with E-state index in [-0.39, 0.29) is 24.5 Å². The summed E-state index contributed by atoms with van der Waals surface area (Å²) in [5.41, 5.74) is 2.69. The third kappa shape index (κ3) is 10.3. The Bertz CT molecular complexity index is 1450. The third-order valence-electron chi connectivity index (χ3n) is 8.93. The zero-order valence-corrected chi connectivity index (χ0v) is 27.7. The third-order valence-corrected chi connectivity index (χ3v) is 8.93. The normalized spacial score (nSPS) is 18.6. The number of hydrogen-bond acceptors (Lipinski definition) is 7. The van der Waals surface area contributed by atoms with Crippen molar-refractivity contribution in [3.63, 3.8) is 0 Å². The predicted molar refractivity (Wildman–Crippen MR) is 182 cm³/mol. The van der Waals surface area contributed by atoms with Crippen LogP contribution < -0.4 is 15.4 Å². The van der Waals surface area contributed by atoms with Gasteiger partial charge in [0.2, 0.25) is 5.91 Å². The number of carbonyl (C=O) groups excluding carboxylic acids is 3. The Kier molecular flexibility index (Phi) is 13.3. The van der Waals surface area contributed by atoms with Crippen LogP contribution in [0, 0.1) is 5.92 Å². The van der Waals surface area contributed by atoms with E-state index in [2.05, 4.69) is 10.6 Å². The van der Waals surface area contributed by atoms with Gasteiger partial charge in [0.05, 0.1) is 19.8 Å². The van der Waals surface area contributed by atoms with Crippen LogP contribution in [0.1, 0.15) is 56.1 Å². The highest BCUT2D eigenvalue weighted by Crippen LogP contribution is 2.30. The molecule has 2 fully saturated rings. The summed E-state index contributed by atoms with van der Waals surface area (Å²) < 4.78 is 22.9. The van der Waals surface area contributed by atoms with Crippen LogP contribution in [0.2, 0.25) is 0 Å². The molecule has 48 heavy (non-hydrogen) atoms. The van der Waals surface area contributed by atoms with Crippen molar-refractivity contribution in [2.75, 3.05) is 32.2 Å². The first-order valence-corrected chi connectivity index (χ1v) is 17.0. The molecule has 2 N–H and O–H groups in total. The number of hydrogen-bond donors (Lipinski definition) is 2. The van der Waals surface area contributed by atoms with E-state index >= 15 is 0 Å². The summed E-state index contributed by atoms with van der Waals surface area (Å²) in [6.07, 6.45) is 5.39. The quantitative estimate of drug-likeness (QED) is 0.150. The molecule has 3 aromatic rings. The van der Waals surface area contributed by atoms with Crippen LogP contribution >= 0.6 is 0 Å². The molecule has 3 atom stereocenters. The molecule has 1 heterocycles. The van der Waals surface area contributed by atoms with Gasteiger partial charge in [-0.15, -0.1) is 0 Å². The van der Waals surface area contributed by atoms with E-state index < -0.39 is 24.1 Å². The van der Waals surface area contributed by atoms with Gasteiger partial charge in [-0.3, -0.25) is 4.79 Å². The van der Waals surface area contributed by atoms with Crippen LogP contribution in [0.5, 0.6) is 5.75 Å². The molecule has 0 radical (unpaired) electrons. The Morgan fingerprint density at radius 1 is 0.854 bits per heavy atom. The minimum atomic E-state index is -0.792. The molecule has 5 rings (SSSR count). The van der Waals surface area contributed by atoms with Crippen LogP contribution in [0.15, 0.2) is 84.9 Å². The lowest BCUT2D eigenvalue weighted by molar-refractivity contribution is -0.152. The number of anilines is 1. The lowest BCUT2D eigenvalue weighted by atomic mass is 9.83. The van der Waals surface area contributed by atoms with Crippen LogP contribution in [0.25, 0.3) is 0 Å². The summed E-state index contributed by atoms with van der Waals surface area (Å²) in [5.74, 6) is -0.203. The number of benzene rings is 3. The highest BCUT2D eigenvalue weighted by molar-refractivity contribution is 5.95. The molecule has 256 valence electrons. The highest BCUT2D eigenvalue weighted by Gasteiger charge is 2.45. The minimum Gasteiger partial charge on any atom is -0.489 e. The highest BCUT2D eigenvalue weighted by atomic mass is 16.5. The maximum Gasteiger partial charge on any atom is 0.328 e. The molecule has 1 aliphatic heterocycles. The van der Waals surface area contributed by atoms with Gasteiger partial charge in [-0.2, -0.15) is 0 Å². The number of amides is 3. The van der Waals surface area contributed by atoms with Gasteiger partial charge in [0.25, 0.3) is 0 Å². The standard InChI is InChI=1S/C38H47N3O7/c1-45-37(43)34-24-33(47-22-12-21-46-26-28-13-5-2-6-14-28)25-41(34)36(42)35(30-17-9-4-10-18-30)40-38(44)39-31-19-11-20-32(23-31)48-27-29-15-7-3-8-16-29/h2-3,5-8,11,13-16,19-20,23,30,33-35H,4,9-10,12,17-18,21-22,24-27H2,1H3,(H2,39,40,44)/t33-,34+,35+/m1/s1. The molecule has 2 aliphatic rings. The number of rotatable bonds is 15. The van der Waals surface area contributed by atoms with Crippen molar-refractivity contribution >= 4 is 23.6 Å². The maximum atomic E-state index is 14.2. The van der Waals surface area contributed by atoms with Crippen LogP contribution in [-0.2, 0) is 37.0 Å². The van der Waals surface area contributed by atoms with Crippen molar-refractivity contribution in [1.82, 2.24) is 10.2 Å². The summed E-state index contributed by atoms with van der Waals surface area (Å²) in [5, 5.41) is 5.85. The molecule has 0 spiro atoms. The van der Waals surface area contributed by atoms with Crippen LogP contribution in [0.4, 0.5) is 10.5 Å². The van der Waals surface area contributed by atoms with Gasteiger partial charge in [-0.05, 0) is 48.4 Å². The monoisotopic (exact) mass is 657 g/mol. The van der Waals surface area contributed by atoms with E-state index in [1.807, 2.05) is 66.7 Å². The van der Waals surface area contributed by atoms with Gasteiger partial charge in [-0.25, -0.2) is 9.59 Å². The molecule has 0 unspecified atom stereocenters. The number of nitrogens with one attached hydrogen (secondary N) is 2. The first-order chi connectivity index (χ1) is 23.5. The van der Waals surface area contributed by atoms with Crippen LogP contribution in [0.3, 0.4) is 0 Å². The Hall–Kier alpha value is -4.41. The fourth-order valence-corrected chi connectivity index (χ4v) is 6.44. The molecular weight excluding hydrogens is 610 g/mol. The fraction of sp³-hybridized carbons (Fsp3) is 0.447. The summed E-state index contributed by atoms with van der Waals surface area (Å²) in [6, 6.07) is 24.9. The molecule has 3 aromatic carbocycles. The maximum absolute atomic E-state index is 14.2. The molecule has 1 saturated heterocycles.